The van der Waals surface area contributed by atoms with E-state index >= 15 is 0 Å². The van der Waals surface area contributed by atoms with Crippen LogP contribution in [0.1, 0.15) is 6.92 Å². The van der Waals surface area contributed by atoms with Crippen LogP contribution in [0.3, 0.4) is 0 Å². The van der Waals surface area contributed by atoms with Crippen LogP contribution in [0.4, 0.5) is 0 Å². The minimum Gasteiger partial charge on any atom is -0.120 e. The van der Waals surface area contributed by atoms with Crippen LogP contribution in [0.5, 0.6) is 0 Å². The van der Waals surface area contributed by atoms with E-state index in [-0.39, 0.29) is 19.5 Å². The molecule has 0 bridgehead atoms. The zero-order valence-corrected chi connectivity index (χ0v) is 28.8. The molecule has 0 amide bonds. The van der Waals surface area contributed by atoms with Gasteiger partial charge in [-0.05, 0) is 67.4 Å². The standard InChI is InChI=1S/2C18H15P.C4H7.NO.Ru/c2*1-4-10-16(11-5-1)19(17-12-6-2-7-13-17)18-14-8-3-9-15-18;1-3-4-2;1-2;/h2*1-15H;3-4H,1H2,2H3;;/q;;;;+1. The predicted octanol–water partition coefficient (Wildman–Crippen LogP) is 7.69. The zero-order valence-electron chi connectivity index (χ0n) is 25.3. The summed E-state index contributed by atoms with van der Waals surface area (Å²) in [5.74, 6) is 0. The SMILES string of the molecule is [CH2][CH][CH]C.[N]=O.[Ru+].c1ccc(P(c2ccccc2)c2ccccc2)cc1.c1ccc(P(c2ccccc2)c2ccccc2)cc1. The fraction of sp³-hybridized carbons (Fsp3) is 0.0250. The summed E-state index contributed by atoms with van der Waals surface area (Å²) in [4.78, 5) is 7.25. The first-order chi connectivity index (χ1) is 21.8. The number of hydrogen-bond donors (Lipinski definition) is 0. The average molecular weight is 711 g/mol. The van der Waals surface area contributed by atoms with E-state index in [9.17, 15) is 0 Å². The van der Waals surface area contributed by atoms with Crippen molar-refractivity contribution in [3.63, 3.8) is 0 Å². The minimum atomic E-state index is -0.446. The molecule has 0 heterocycles. The van der Waals surface area contributed by atoms with Gasteiger partial charge in [-0.2, -0.15) is 0 Å². The predicted molar refractivity (Wildman–Crippen MR) is 195 cm³/mol. The third kappa shape index (κ3) is 12.4. The van der Waals surface area contributed by atoms with Crippen molar-refractivity contribution in [1.29, 1.82) is 0 Å². The molecule has 6 aromatic rings. The Hall–Kier alpha value is -3.60. The van der Waals surface area contributed by atoms with Gasteiger partial charge in [-0.1, -0.05) is 189 Å². The van der Waals surface area contributed by atoms with E-state index < -0.39 is 15.8 Å². The number of nitroso groups, excluding NO2 is 1. The maximum Gasteiger partial charge on any atom is 1.00 e. The summed E-state index contributed by atoms with van der Waals surface area (Å²) in [7, 11) is -0.892. The first-order valence-corrected chi connectivity index (χ1v) is 17.0. The Morgan fingerprint density at radius 2 is 0.533 bits per heavy atom. The number of rotatable bonds is 7. The van der Waals surface area contributed by atoms with E-state index in [0.29, 0.717) is 0 Å². The Morgan fingerprint density at radius 1 is 0.400 bits per heavy atom. The number of hydrogen-bond acceptors (Lipinski definition) is 1. The smallest absolute Gasteiger partial charge is 0.120 e. The Labute approximate surface area is 285 Å². The summed E-state index contributed by atoms with van der Waals surface area (Å²) < 4.78 is 0. The molecule has 5 radical (unpaired) electrons. The first kappa shape index (κ1) is 37.6. The summed E-state index contributed by atoms with van der Waals surface area (Å²) in [6.07, 6.45) is 3.64. The first-order valence-electron chi connectivity index (χ1n) is 14.3. The molecule has 0 saturated heterocycles. The molecule has 0 spiro atoms. The molecule has 0 saturated carbocycles. The number of nitrogens with zero attached hydrogens (tertiary/aromatic N) is 1. The molecule has 5 heteroatoms. The Bertz CT molecular complexity index is 1230. The third-order valence-electron chi connectivity index (χ3n) is 6.32. The second-order valence-electron chi connectivity index (χ2n) is 9.25. The van der Waals surface area contributed by atoms with Crippen LogP contribution in [0.2, 0.25) is 0 Å². The van der Waals surface area contributed by atoms with Gasteiger partial charge in [0, 0.05) is 0 Å². The molecule has 6 aromatic carbocycles. The monoisotopic (exact) mass is 711 g/mol. The van der Waals surface area contributed by atoms with E-state index in [2.05, 4.69) is 189 Å². The topological polar surface area (TPSA) is 39.4 Å². The molecule has 0 aliphatic heterocycles. The van der Waals surface area contributed by atoms with E-state index in [1.807, 2.05) is 13.3 Å². The van der Waals surface area contributed by atoms with Gasteiger partial charge in [0.25, 0.3) is 0 Å². The number of unbranched alkanes of at least 4 members (excludes halogenated alkanes) is 1. The maximum absolute atomic E-state index is 7.25. The third-order valence-corrected chi connectivity index (χ3v) is 11.2. The van der Waals surface area contributed by atoms with E-state index in [0.717, 1.165) is 0 Å². The summed E-state index contributed by atoms with van der Waals surface area (Å²) in [5, 5.41) is 8.39. The maximum atomic E-state index is 7.25. The molecule has 0 atom stereocenters. The van der Waals surface area contributed by atoms with Gasteiger partial charge in [-0.25, -0.2) is 0 Å². The summed E-state index contributed by atoms with van der Waals surface area (Å²) >= 11 is 0. The molecule has 0 fully saturated rings. The van der Waals surface area contributed by atoms with Crippen LogP contribution in [0, 0.1) is 24.7 Å². The van der Waals surface area contributed by atoms with Crippen LogP contribution in [0.15, 0.2) is 182 Å². The largest absolute Gasteiger partial charge is 1.00 e. The van der Waals surface area contributed by atoms with Crippen LogP contribution >= 0.6 is 15.8 Å². The fourth-order valence-corrected chi connectivity index (χ4v) is 8.97. The van der Waals surface area contributed by atoms with E-state index in [4.69, 9.17) is 10.5 Å². The van der Waals surface area contributed by atoms with Gasteiger partial charge in [0.05, 0.1) is 0 Å². The van der Waals surface area contributed by atoms with Gasteiger partial charge in [0.2, 0.25) is 0 Å². The Balaban J connectivity index is 0.000000262. The Morgan fingerprint density at radius 3 is 0.644 bits per heavy atom. The molecular weight excluding hydrogens is 673 g/mol. The molecule has 0 aliphatic carbocycles. The molecule has 0 aliphatic rings. The molecule has 225 valence electrons. The quantitative estimate of drug-likeness (QED) is 0.124. The molecule has 6 rings (SSSR count). The summed E-state index contributed by atoms with van der Waals surface area (Å²) in [6, 6.07) is 64.7. The van der Waals surface area contributed by atoms with Crippen molar-refractivity contribution in [2.24, 2.45) is 0 Å². The van der Waals surface area contributed by atoms with Crippen LogP contribution in [-0.2, 0) is 19.5 Å². The minimum absolute atomic E-state index is 0. The van der Waals surface area contributed by atoms with Gasteiger partial charge < -0.3 is 0 Å². The number of benzene rings is 6. The van der Waals surface area contributed by atoms with E-state index in [1.165, 1.54) is 31.8 Å². The molecule has 45 heavy (non-hydrogen) atoms. The van der Waals surface area contributed by atoms with Gasteiger partial charge in [-0.15, -0.1) is 4.91 Å². The fourth-order valence-electron chi connectivity index (χ4n) is 4.36. The van der Waals surface area contributed by atoms with E-state index in [1.54, 1.807) is 6.42 Å². The molecule has 0 aromatic heterocycles. The van der Waals surface area contributed by atoms with Crippen molar-refractivity contribution >= 4 is 47.7 Å². The van der Waals surface area contributed by atoms with Crippen molar-refractivity contribution in [2.45, 2.75) is 6.92 Å². The van der Waals surface area contributed by atoms with Gasteiger partial charge in [0.15, 0.2) is 0 Å². The van der Waals surface area contributed by atoms with Crippen LogP contribution in [0.25, 0.3) is 0 Å². The zero-order chi connectivity index (χ0) is 31.2. The van der Waals surface area contributed by atoms with Crippen molar-refractivity contribution in [1.82, 2.24) is 5.59 Å². The van der Waals surface area contributed by atoms with Crippen LogP contribution < -0.4 is 37.4 Å². The van der Waals surface area contributed by atoms with Crippen molar-refractivity contribution in [3.05, 3.63) is 207 Å². The normalized spacial score (nSPS) is 9.69. The average Bonchev–Trinajstić information content (AvgIpc) is 3.13. The second kappa shape index (κ2) is 22.8. The van der Waals surface area contributed by atoms with Crippen molar-refractivity contribution in [3.8, 4) is 0 Å². The van der Waals surface area contributed by atoms with Gasteiger partial charge in [0.1, 0.15) is 5.59 Å². The molecule has 0 unspecified atom stereocenters. The Kier molecular flexibility index (Phi) is 19.1. The molecule has 0 N–H and O–H groups in total. The molecular formula is C40H37NOP2Ru+. The van der Waals surface area contributed by atoms with Crippen molar-refractivity contribution in [2.75, 3.05) is 0 Å². The molecule has 2 nitrogen and oxygen atoms in total. The summed E-state index contributed by atoms with van der Waals surface area (Å²) in [6.45, 7) is 5.36. The van der Waals surface area contributed by atoms with Gasteiger partial charge in [-0.3, -0.25) is 0 Å². The van der Waals surface area contributed by atoms with Crippen LogP contribution in [-0.4, -0.2) is 0 Å². The summed E-state index contributed by atoms with van der Waals surface area (Å²) in [5.41, 5.74) is 5.75. The second-order valence-corrected chi connectivity index (χ2v) is 13.7. The van der Waals surface area contributed by atoms with Gasteiger partial charge >= 0.3 is 19.5 Å². The van der Waals surface area contributed by atoms with Crippen molar-refractivity contribution < 1.29 is 19.5 Å².